The molecule has 1 atom stereocenters. The third-order valence-electron chi connectivity index (χ3n) is 3.81. The third kappa shape index (κ3) is 4.18. The van der Waals surface area contributed by atoms with Crippen molar-refractivity contribution in [2.45, 2.75) is 38.3 Å². The molecular weight excluding hydrogens is 243 g/mol. The van der Waals surface area contributed by atoms with Crippen molar-refractivity contribution in [1.82, 2.24) is 4.90 Å². The SMILES string of the molecule is CN1CCCCC1CCOc1cc(F)cc(CN)c1. The quantitative estimate of drug-likeness (QED) is 0.890. The lowest BCUT2D eigenvalue weighted by Gasteiger charge is -2.32. The van der Waals surface area contributed by atoms with Gasteiger partial charge in [0.1, 0.15) is 11.6 Å². The van der Waals surface area contributed by atoms with Crippen molar-refractivity contribution in [1.29, 1.82) is 0 Å². The second-order valence-electron chi connectivity index (χ2n) is 5.27. The average molecular weight is 266 g/mol. The average Bonchev–Trinajstić information content (AvgIpc) is 2.40. The van der Waals surface area contributed by atoms with Crippen LogP contribution in [0.25, 0.3) is 0 Å². The van der Waals surface area contributed by atoms with Gasteiger partial charge < -0.3 is 15.4 Å². The van der Waals surface area contributed by atoms with E-state index in [1.54, 1.807) is 0 Å². The second kappa shape index (κ2) is 6.87. The van der Waals surface area contributed by atoms with Gasteiger partial charge in [0.25, 0.3) is 0 Å². The monoisotopic (exact) mass is 266 g/mol. The molecule has 106 valence electrons. The summed E-state index contributed by atoms with van der Waals surface area (Å²) in [6, 6.07) is 5.27. The van der Waals surface area contributed by atoms with Gasteiger partial charge in [-0.25, -0.2) is 4.39 Å². The molecule has 0 radical (unpaired) electrons. The lowest BCUT2D eigenvalue weighted by molar-refractivity contribution is 0.153. The Morgan fingerprint density at radius 1 is 1.37 bits per heavy atom. The summed E-state index contributed by atoms with van der Waals surface area (Å²) in [7, 11) is 2.17. The van der Waals surface area contributed by atoms with E-state index in [1.807, 2.05) is 6.07 Å². The number of piperidine rings is 1. The van der Waals surface area contributed by atoms with Crippen LogP contribution in [0, 0.1) is 5.82 Å². The first kappa shape index (κ1) is 14.3. The molecule has 0 aliphatic carbocycles. The van der Waals surface area contributed by atoms with E-state index in [2.05, 4.69) is 11.9 Å². The standard InChI is InChI=1S/C15H23FN2O/c1-18-6-3-2-4-14(18)5-7-19-15-9-12(11-17)8-13(16)10-15/h8-10,14H,2-7,11,17H2,1H3. The molecule has 1 heterocycles. The Bertz CT molecular complexity index is 411. The molecule has 1 aromatic carbocycles. The largest absolute Gasteiger partial charge is 0.493 e. The number of likely N-dealkylation sites (tertiary alicyclic amines) is 1. The van der Waals surface area contributed by atoms with E-state index in [-0.39, 0.29) is 5.82 Å². The molecule has 1 unspecified atom stereocenters. The highest BCUT2D eigenvalue weighted by Crippen LogP contribution is 2.20. The van der Waals surface area contributed by atoms with Crippen LogP contribution in [0.15, 0.2) is 18.2 Å². The number of ether oxygens (including phenoxy) is 1. The first-order valence-corrected chi connectivity index (χ1v) is 7.01. The van der Waals surface area contributed by atoms with Crippen LogP contribution in [0.3, 0.4) is 0 Å². The van der Waals surface area contributed by atoms with E-state index in [0.29, 0.717) is 24.9 Å². The topological polar surface area (TPSA) is 38.5 Å². The Labute approximate surface area is 114 Å². The van der Waals surface area contributed by atoms with Gasteiger partial charge in [-0.1, -0.05) is 6.42 Å². The van der Waals surface area contributed by atoms with Crippen molar-refractivity contribution in [3.8, 4) is 5.75 Å². The summed E-state index contributed by atoms with van der Waals surface area (Å²) in [6.07, 6.45) is 4.81. The molecule has 0 amide bonds. The van der Waals surface area contributed by atoms with Gasteiger partial charge >= 0.3 is 0 Å². The molecule has 3 nitrogen and oxygen atoms in total. The zero-order chi connectivity index (χ0) is 13.7. The fraction of sp³-hybridized carbons (Fsp3) is 0.600. The molecule has 2 rings (SSSR count). The van der Waals surface area contributed by atoms with Crippen LogP contribution in [-0.4, -0.2) is 31.1 Å². The van der Waals surface area contributed by atoms with Gasteiger partial charge in [0.05, 0.1) is 6.61 Å². The lowest BCUT2D eigenvalue weighted by atomic mass is 10.0. The Balaban J connectivity index is 1.83. The minimum atomic E-state index is -0.285. The molecular formula is C15H23FN2O. The number of halogens is 1. The first-order valence-electron chi connectivity index (χ1n) is 7.01. The number of hydrogen-bond donors (Lipinski definition) is 1. The minimum absolute atomic E-state index is 0.285. The Morgan fingerprint density at radius 2 is 2.21 bits per heavy atom. The predicted molar refractivity (Wildman–Crippen MR) is 74.7 cm³/mol. The molecule has 0 bridgehead atoms. The van der Waals surface area contributed by atoms with E-state index < -0.39 is 0 Å². The summed E-state index contributed by atoms with van der Waals surface area (Å²) < 4.78 is 19.0. The predicted octanol–water partition coefficient (Wildman–Crippen LogP) is 2.54. The van der Waals surface area contributed by atoms with Crippen LogP contribution in [-0.2, 0) is 6.54 Å². The minimum Gasteiger partial charge on any atom is -0.493 e. The van der Waals surface area contributed by atoms with Crippen molar-refractivity contribution in [3.05, 3.63) is 29.6 Å². The molecule has 4 heteroatoms. The fourth-order valence-corrected chi connectivity index (χ4v) is 2.64. The van der Waals surface area contributed by atoms with Crippen molar-refractivity contribution < 1.29 is 9.13 Å². The van der Waals surface area contributed by atoms with Crippen molar-refractivity contribution >= 4 is 0 Å². The Hall–Kier alpha value is -1.13. The maximum atomic E-state index is 13.3. The smallest absolute Gasteiger partial charge is 0.127 e. The molecule has 1 aliphatic rings. The van der Waals surface area contributed by atoms with Gasteiger partial charge in [-0.05, 0) is 50.6 Å². The van der Waals surface area contributed by atoms with Crippen LogP contribution >= 0.6 is 0 Å². The maximum Gasteiger partial charge on any atom is 0.127 e. The molecule has 1 fully saturated rings. The lowest BCUT2D eigenvalue weighted by Crippen LogP contribution is -2.37. The van der Waals surface area contributed by atoms with Crippen LogP contribution in [0.5, 0.6) is 5.75 Å². The summed E-state index contributed by atoms with van der Waals surface area (Å²) in [5.41, 5.74) is 6.29. The zero-order valence-corrected chi connectivity index (χ0v) is 11.6. The summed E-state index contributed by atoms with van der Waals surface area (Å²) >= 11 is 0. The number of hydrogen-bond acceptors (Lipinski definition) is 3. The zero-order valence-electron chi connectivity index (χ0n) is 11.6. The third-order valence-corrected chi connectivity index (χ3v) is 3.81. The van der Waals surface area contributed by atoms with E-state index in [4.69, 9.17) is 10.5 Å². The number of rotatable bonds is 5. The van der Waals surface area contributed by atoms with E-state index >= 15 is 0 Å². The van der Waals surface area contributed by atoms with Crippen LogP contribution in [0.4, 0.5) is 4.39 Å². The molecule has 19 heavy (non-hydrogen) atoms. The molecule has 2 N–H and O–H groups in total. The van der Waals surface area contributed by atoms with Gasteiger partial charge in [0.15, 0.2) is 0 Å². The van der Waals surface area contributed by atoms with E-state index in [9.17, 15) is 4.39 Å². The normalized spacial score (nSPS) is 20.5. The van der Waals surface area contributed by atoms with Crippen molar-refractivity contribution in [3.63, 3.8) is 0 Å². The maximum absolute atomic E-state index is 13.3. The van der Waals surface area contributed by atoms with Crippen molar-refractivity contribution in [2.75, 3.05) is 20.2 Å². The van der Waals surface area contributed by atoms with Gasteiger partial charge in [-0.3, -0.25) is 0 Å². The molecule has 1 aromatic rings. The van der Waals surface area contributed by atoms with Gasteiger partial charge in [-0.15, -0.1) is 0 Å². The summed E-state index contributed by atoms with van der Waals surface area (Å²) in [5, 5.41) is 0. The summed E-state index contributed by atoms with van der Waals surface area (Å²) in [4.78, 5) is 2.39. The van der Waals surface area contributed by atoms with Gasteiger partial charge in [0.2, 0.25) is 0 Å². The molecule has 0 aromatic heterocycles. The summed E-state index contributed by atoms with van der Waals surface area (Å²) in [5.74, 6) is 0.298. The van der Waals surface area contributed by atoms with Crippen LogP contribution in [0.2, 0.25) is 0 Å². The molecule has 0 spiro atoms. The Kier molecular flexibility index (Phi) is 5.16. The molecule has 1 aliphatic heterocycles. The van der Waals surface area contributed by atoms with Gasteiger partial charge in [0, 0.05) is 18.7 Å². The van der Waals surface area contributed by atoms with Crippen LogP contribution in [0.1, 0.15) is 31.2 Å². The molecule has 0 saturated carbocycles. The Morgan fingerprint density at radius 3 is 2.95 bits per heavy atom. The first-order chi connectivity index (χ1) is 9.19. The van der Waals surface area contributed by atoms with Gasteiger partial charge in [-0.2, -0.15) is 0 Å². The number of nitrogens with zero attached hydrogens (tertiary/aromatic N) is 1. The highest BCUT2D eigenvalue weighted by Gasteiger charge is 2.18. The number of benzene rings is 1. The fourth-order valence-electron chi connectivity index (χ4n) is 2.64. The van der Waals surface area contributed by atoms with Crippen LogP contribution < -0.4 is 10.5 Å². The second-order valence-corrected chi connectivity index (χ2v) is 5.27. The van der Waals surface area contributed by atoms with Crippen molar-refractivity contribution in [2.24, 2.45) is 5.73 Å². The van der Waals surface area contributed by atoms with E-state index in [0.717, 1.165) is 12.0 Å². The summed E-state index contributed by atoms with van der Waals surface area (Å²) in [6.45, 7) is 2.13. The highest BCUT2D eigenvalue weighted by atomic mass is 19.1. The molecule has 1 saturated heterocycles. The van der Waals surface area contributed by atoms with E-state index in [1.165, 1.54) is 37.9 Å². The highest BCUT2D eigenvalue weighted by molar-refractivity contribution is 5.29. The number of nitrogens with two attached hydrogens (primary N) is 1.